The highest BCUT2D eigenvalue weighted by atomic mass is 16.1. The van der Waals surface area contributed by atoms with E-state index in [1.54, 1.807) is 30.3 Å². The zero-order valence-electron chi connectivity index (χ0n) is 23.9. The quantitative estimate of drug-likeness (QED) is 0.357. The summed E-state index contributed by atoms with van der Waals surface area (Å²) in [4.78, 5) is 13.7. The van der Waals surface area contributed by atoms with Crippen molar-refractivity contribution in [2.45, 2.75) is 39.4 Å². The van der Waals surface area contributed by atoms with Crippen LogP contribution in [0.4, 0.5) is 0 Å². The van der Waals surface area contributed by atoms with Crippen molar-refractivity contribution in [3.63, 3.8) is 0 Å². The number of carbonyl (C=O) groups excluding carboxylic acids is 1. The van der Waals surface area contributed by atoms with Crippen LogP contribution >= 0.6 is 0 Å². The third-order valence-electron chi connectivity index (χ3n) is 4.82. The van der Waals surface area contributed by atoms with Gasteiger partial charge in [-0.15, -0.1) is 0 Å². The Morgan fingerprint density at radius 2 is 1.67 bits per heavy atom. The fourth-order valence-electron chi connectivity index (χ4n) is 3.52. The van der Waals surface area contributed by atoms with Gasteiger partial charge in [-0.2, -0.15) is 0 Å². The summed E-state index contributed by atoms with van der Waals surface area (Å²) >= 11 is 0. The largest absolute Gasteiger partial charge is 0.347 e. The highest BCUT2D eigenvalue weighted by molar-refractivity contribution is 6.21. The Labute approximate surface area is 173 Å². The summed E-state index contributed by atoms with van der Waals surface area (Å²) in [7, 11) is 0. The molecule has 1 aromatic heterocycles. The number of carbonyl (C=O) groups is 1. The summed E-state index contributed by atoms with van der Waals surface area (Å²) in [6.07, 6.45) is -8.32. The van der Waals surface area contributed by atoms with Gasteiger partial charge in [-0.1, -0.05) is 74.2 Å². The van der Waals surface area contributed by atoms with E-state index in [4.69, 9.17) is 12.3 Å². The Hall–Kier alpha value is -2.87. The first-order chi connectivity index (χ1) is 16.6. The molecule has 0 fully saturated rings. The lowest BCUT2D eigenvalue weighted by atomic mass is 9.95. The highest BCUT2D eigenvalue weighted by Crippen LogP contribution is 2.28. The maximum absolute atomic E-state index is 13.7. The number of fused-ring (bicyclic) bond motifs is 2. The average molecular weight is 365 g/mol. The second-order valence-corrected chi connectivity index (χ2v) is 6.42. The summed E-state index contributed by atoms with van der Waals surface area (Å²) in [5, 5.41) is 2.24. The van der Waals surface area contributed by atoms with Crippen LogP contribution in [-0.2, 0) is 6.54 Å². The van der Waals surface area contributed by atoms with Crippen molar-refractivity contribution in [3.05, 3.63) is 83.6 Å². The molecule has 0 unspecified atom stereocenters. The van der Waals surface area contributed by atoms with Crippen LogP contribution in [0.25, 0.3) is 21.7 Å². The van der Waals surface area contributed by atoms with E-state index in [-0.39, 0.29) is 11.3 Å². The molecule has 0 saturated carbocycles. The zero-order valence-corrected chi connectivity index (χ0v) is 14.9. The van der Waals surface area contributed by atoms with E-state index in [2.05, 4.69) is 0 Å². The van der Waals surface area contributed by atoms with Gasteiger partial charge in [-0.05, 0) is 35.7 Å². The molecule has 0 aliphatic carbocycles. The predicted octanol–water partition coefficient (Wildman–Crippen LogP) is 6.52. The van der Waals surface area contributed by atoms with Gasteiger partial charge < -0.3 is 4.57 Å². The number of aryl methyl sites for hydroxylation is 2. The summed E-state index contributed by atoms with van der Waals surface area (Å²) in [6.45, 7) is -2.12. The van der Waals surface area contributed by atoms with Crippen molar-refractivity contribution in [1.82, 2.24) is 4.57 Å². The fraction of sp³-hybridized carbons (Fsp3) is 0.240. The second-order valence-electron chi connectivity index (χ2n) is 6.42. The molecule has 0 N–H and O–H groups in total. The number of hydrogen-bond acceptors (Lipinski definition) is 1. The van der Waals surface area contributed by atoms with Crippen LogP contribution in [0.2, 0.25) is 0 Å². The van der Waals surface area contributed by atoms with Gasteiger partial charge >= 0.3 is 0 Å². The number of nitrogens with zero attached hydrogens (tertiary/aromatic N) is 1. The molecule has 2 nitrogen and oxygen atoms in total. The highest BCUT2D eigenvalue weighted by Gasteiger charge is 2.18. The van der Waals surface area contributed by atoms with Gasteiger partial charge in [0.05, 0.1) is 0 Å². The Bertz CT molecular complexity index is 1470. The molecule has 3 aromatic carbocycles. The van der Waals surface area contributed by atoms with Crippen molar-refractivity contribution in [3.8, 4) is 0 Å². The first-order valence-electron chi connectivity index (χ1n) is 13.2. The molecule has 2 heteroatoms. The molecular weight excluding hydrogens is 330 g/mol. The molecule has 0 aliphatic heterocycles. The molecule has 0 spiro atoms. The number of para-hydroxylation sites is 1. The minimum absolute atomic E-state index is 0.287. The van der Waals surface area contributed by atoms with Gasteiger partial charge in [-0.25, -0.2) is 0 Å². The standard InChI is InChI=1S/C25H25NO/c1-3-4-9-16-26-17-23(21-12-7-8-13-24(21)26)25(27)22-15-14-18(2)19-10-5-6-11-20(19)22/h5-8,10-15,17H,3-4,9,16H2,1-2H3/i1D3,3D2,4D2,9D2. The van der Waals surface area contributed by atoms with Crippen molar-refractivity contribution in [1.29, 1.82) is 0 Å². The van der Waals surface area contributed by atoms with E-state index >= 15 is 0 Å². The van der Waals surface area contributed by atoms with Gasteiger partial charge in [0.15, 0.2) is 5.78 Å². The van der Waals surface area contributed by atoms with Gasteiger partial charge in [0.2, 0.25) is 0 Å². The number of ketones is 1. The number of benzene rings is 3. The van der Waals surface area contributed by atoms with E-state index in [0.29, 0.717) is 16.5 Å². The number of rotatable bonds is 6. The molecule has 0 aliphatic rings. The van der Waals surface area contributed by atoms with Crippen molar-refractivity contribution in [2.75, 3.05) is 0 Å². The van der Waals surface area contributed by atoms with Gasteiger partial charge in [-0.3, -0.25) is 4.79 Å². The van der Waals surface area contributed by atoms with E-state index in [1.165, 1.54) is 10.8 Å². The third-order valence-corrected chi connectivity index (χ3v) is 4.82. The molecule has 4 aromatic rings. The molecular formula is C25H25NO. The van der Waals surface area contributed by atoms with E-state index in [9.17, 15) is 4.79 Å². The van der Waals surface area contributed by atoms with Crippen LogP contribution in [0.5, 0.6) is 0 Å². The van der Waals surface area contributed by atoms with Crippen LogP contribution in [0.1, 0.15) is 59.8 Å². The van der Waals surface area contributed by atoms with Crippen LogP contribution in [-0.4, -0.2) is 10.4 Å². The lowest BCUT2D eigenvalue weighted by Crippen LogP contribution is -2.02. The predicted molar refractivity (Wildman–Crippen MR) is 114 cm³/mol. The minimum atomic E-state index is -3.45. The summed E-state index contributed by atoms with van der Waals surface area (Å²) in [5.41, 5.74) is 2.22. The second kappa shape index (κ2) is 7.40. The Balaban J connectivity index is 1.82. The van der Waals surface area contributed by atoms with Gasteiger partial charge in [0.25, 0.3) is 0 Å². The van der Waals surface area contributed by atoms with Gasteiger partial charge in [0.1, 0.15) is 0 Å². The maximum atomic E-state index is 13.7. The molecule has 0 radical (unpaired) electrons. The molecule has 0 atom stereocenters. The number of aromatic nitrogens is 1. The van der Waals surface area contributed by atoms with E-state index in [1.807, 2.05) is 37.3 Å². The Kier molecular flexibility index (Phi) is 2.71. The van der Waals surface area contributed by atoms with Crippen molar-refractivity contribution in [2.24, 2.45) is 0 Å². The molecule has 27 heavy (non-hydrogen) atoms. The van der Waals surface area contributed by atoms with Crippen LogP contribution in [0.15, 0.2) is 66.9 Å². The normalized spacial score (nSPS) is 18.3. The Morgan fingerprint density at radius 3 is 2.48 bits per heavy atom. The molecule has 1 heterocycles. The SMILES string of the molecule is [2H]C([2H])([2H])C([2H])([2H])C([2H])([2H])C([2H])([2H])Cn1cc(C(=O)c2ccc(C)c3ccccc23)c2ccccc21. The third kappa shape index (κ3) is 3.16. The van der Waals surface area contributed by atoms with Crippen molar-refractivity contribution >= 4 is 27.5 Å². The summed E-state index contributed by atoms with van der Waals surface area (Å²) in [5.74, 6) is -0.289. The molecule has 136 valence electrons. The average Bonchev–Trinajstić information content (AvgIpc) is 3.16. The lowest BCUT2D eigenvalue weighted by molar-refractivity contribution is 0.104. The van der Waals surface area contributed by atoms with Crippen LogP contribution in [0, 0.1) is 6.92 Å². The topological polar surface area (TPSA) is 22.0 Å². The first kappa shape index (κ1) is 9.89. The molecule has 4 rings (SSSR count). The lowest BCUT2D eigenvalue weighted by Gasteiger charge is -2.08. The molecule has 0 bridgehead atoms. The summed E-state index contributed by atoms with van der Waals surface area (Å²) in [6, 6.07) is 17.9. The summed E-state index contributed by atoms with van der Waals surface area (Å²) < 4.78 is 72.4. The van der Waals surface area contributed by atoms with Crippen molar-refractivity contribution < 1.29 is 17.1 Å². The van der Waals surface area contributed by atoms with Crippen LogP contribution < -0.4 is 0 Å². The number of hydrogen-bond donors (Lipinski definition) is 0. The maximum Gasteiger partial charge on any atom is 0.195 e. The fourth-order valence-corrected chi connectivity index (χ4v) is 3.52. The van der Waals surface area contributed by atoms with Gasteiger partial charge in [0, 0.05) is 47.1 Å². The Morgan fingerprint density at radius 1 is 0.926 bits per heavy atom. The molecule has 0 saturated heterocycles. The monoisotopic (exact) mass is 364 g/mol. The minimum Gasteiger partial charge on any atom is -0.347 e. The first-order valence-corrected chi connectivity index (χ1v) is 8.71. The zero-order chi connectivity index (χ0) is 26.7. The van der Waals surface area contributed by atoms with E-state index < -0.39 is 32.5 Å². The van der Waals surface area contributed by atoms with Crippen LogP contribution in [0.3, 0.4) is 0 Å². The smallest absolute Gasteiger partial charge is 0.195 e. The van der Waals surface area contributed by atoms with E-state index in [0.717, 1.165) is 16.3 Å². The molecule has 0 amide bonds.